The van der Waals surface area contributed by atoms with Gasteiger partial charge in [-0.2, -0.15) is 10.5 Å². The van der Waals surface area contributed by atoms with Crippen molar-refractivity contribution in [2.24, 2.45) is 0 Å². The van der Waals surface area contributed by atoms with Crippen molar-refractivity contribution in [3.63, 3.8) is 0 Å². The summed E-state index contributed by atoms with van der Waals surface area (Å²) < 4.78 is 4.73. The van der Waals surface area contributed by atoms with Gasteiger partial charge in [-0.05, 0) is 162 Å². The zero-order valence-electron chi connectivity index (χ0n) is 32.1. The van der Waals surface area contributed by atoms with Gasteiger partial charge in [-0.25, -0.2) is 0 Å². The second-order valence-corrected chi connectivity index (χ2v) is 15.9. The zero-order chi connectivity index (χ0) is 39.6. The maximum atomic E-state index is 10.2. The molecule has 0 saturated carbocycles. The van der Waals surface area contributed by atoms with E-state index in [0.29, 0.717) is 11.1 Å². The molecular formula is C56H30N4. The van der Waals surface area contributed by atoms with E-state index in [1.54, 1.807) is 0 Å². The first kappa shape index (κ1) is 32.6. The summed E-state index contributed by atoms with van der Waals surface area (Å²) >= 11 is 0. The summed E-state index contributed by atoms with van der Waals surface area (Å²) in [4.78, 5) is 0. The van der Waals surface area contributed by atoms with Gasteiger partial charge in [0.15, 0.2) is 0 Å². The van der Waals surface area contributed by atoms with E-state index in [9.17, 15) is 10.5 Å². The van der Waals surface area contributed by atoms with E-state index in [0.717, 1.165) is 98.1 Å². The van der Waals surface area contributed by atoms with Crippen molar-refractivity contribution in [1.29, 1.82) is 10.5 Å². The van der Waals surface area contributed by atoms with Crippen LogP contribution in [0.15, 0.2) is 182 Å². The van der Waals surface area contributed by atoms with E-state index < -0.39 is 0 Å². The molecule has 13 rings (SSSR count). The first-order chi connectivity index (χ1) is 29.7. The van der Waals surface area contributed by atoms with Crippen LogP contribution in [0.5, 0.6) is 0 Å². The Bertz CT molecular complexity index is 3850. The van der Waals surface area contributed by atoms with Crippen LogP contribution in [0.2, 0.25) is 0 Å². The Morgan fingerprint density at radius 1 is 0.250 bits per heavy atom. The Hall–Kier alpha value is -8.44. The van der Waals surface area contributed by atoms with Crippen LogP contribution < -0.4 is 0 Å². The van der Waals surface area contributed by atoms with Crippen molar-refractivity contribution in [3.8, 4) is 23.5 Å². The Morgan fingerprint density at radius 2 is 0.583 bits per heavy atom. The molecule has 4 nitrogen and oxygen atoms in total. The Morgan fingerprint density at radius 3 is 0.983 bits per heavy atom. The molecule has 0 N–H and O–H groups in total. The predicted molar refractivity (Wildman–Crippen MR) is 250 cm³/mol. The van der Waals surface area contributed by atoms with Gasteiger partial charge in [0, 0.05) is 32.9 Å². The van der Waals surface area contributed by atoms with E-state index >= 15 is 0 Å². The van der Waals surface area contributed by atoms with Gasteiger partial charge in [0.1, 0.15) is 0 Å². The van der Waals surface area contributed by atoms with Gasteiger partial charge in [0.05, 0.1) is 45.3 Å². The predicted octanol–water partition coefficient (Wildman–Crippen LogP) is 14.5. The first-order valence-corrected chi connectivity index (χ1v) is 20.2. The molecule has 2 aromatic heterocycles. The van der Waals surface area contributed by atoms with Crippen LogP contribution in [0.1, 0.15) is 11.1 Å². The van der Waals surface area contributed by atoms with Crippen LogP contribution in [-0.2, 0) is 0 Å². The minimum absolute atomic E-state index is 0.625. The van der Waals surface area contributed by atoms with Gasteiger partial charge in [-0.3, -0.25) is 0 Å². The molecule has 4 heteroatoms. The highest BCUT2D eigenvalue weighted by atomic mass is 15.0. The molecule has 0 spiro atoms. The van der Waals surface area contributed by atoms with Crippen LogP contribution in [0.4, 0.5) is 0 Å². The normalized spacial score (nSPS) is 12.0. The van der Waals surface area contributed by atoms with E-state index in [1.165, 1.54) is 21.5 Å². The third kappa shape index (κ3) is 4.37. The number of fused-ring (bicyclic) bond motifs is 18. The molecule has 0 fully saturated rings. The van der Waals surface area contributed by atoms with Gasteiger partial charge in [0.2, 0.25) is 0 Å². The van der Waals surface area contributed by atoms with Crippen molar-refractivity contribution in [1.82, 2.24) is 9.13 Å². The van der Waals surface area contributed by atoms with E-state index in [1.807, 2.05) is 12.1 Å². The zero-order valence-corrected chi connectivity index (χ0v) is 32.1. The van der Waals surface area contributed by atoms with Crippen molar-refractivity contribution >= 4 is 108 Å². The lowest BCUT2D eigenvalue weighted by atomic mass is 9.87. The van der Waals surface area contributed by atoms with Crippen LogP contribution in [-0.4, -0.2) is 9.13 Å². The molecule has 2 heterocycles. The summed E-state index contributed by atoms with van der Waals surface area (Å²) in [6.07, 6.45) is 0. The average molecular weight is 759 g/mol. The molecule has 11 aromatic carbocycles. The second-order valence-electron chi connectivity index (χ2n) is 15.9. The van der Waals surface area contributed by atoms with E-state index in [4.69, 9.17) is 0 Å². The monoisotopic (exact) mass is 758 g/mol. The van der Waals surface area contributed by atoms with Gasteiger partial charge in [-0.1, -0.05) is 84.9 Å². The van der Waals surface area contributed by atoms with Crippen molar-refractivity contribution < 1.29 is 0 Å². The van der Waals surface area contributed by atoms with Gasteiger partial charge in [0.25, 0.3) is 0 Å². The molecule has 60 heavy (non-hydrogen) atoms. The maximum absolute atomic E-state index is 10.2. The number of nitriles is 2. The number of rotatable bonds is 2. The van der Waals surface area contributed by atoms with Gasteiger partial charge < -0.3 is 9.13 Å². The van der Waals surface area contributed by atoms with Gasteiger partial charge in [-0.15, -0.1) is 0 Å². The SMILES string of the molecule is N#Cc1ccc2c(c1)c1cc3c(cc1c1cc4c5ccccc5n(-c5ccccc5)c4cc21)c1cc(C#N)ccc1c1cc2c(cc31)c1ccccc1n2-c1ccccc1. The fraction of sp³-hybridized carbons (Fsp3) is 0. The van der Waals surface area contributed by atoms with Crippen molar-refractivity contribution in [2.75, 3.05) is 0 Å². The molecule has 0 amide bonds. The van der Waals surface area contributed by atoms with Crippen molar-refractivity contribution in [2.45, 2.75) is 0 Å². The summed E-state index contributed by atoms with van der Waals surface area (Å²) in [6, 6.07) is 69.7. The minimum atomic E-state index is 0.625. The highest BCUT2D eigenvalue weighted by Crippen LogP contribution is 2.46. The fourth-order valence-electron chi connectivity index (χ4n) is 10.3. The number of benzene rings is 11. The third-order valence-corrected chi connectivity index (χ3v) is 12.8. The van der Waals surface area contributed by atoms with Gasteiger partial charge >= 0.3 is 0 Å². The molecule has 0 aliphatic heterocycles. The standard InChI is InChI=1S/C56H30N4/c57-31-33-19-21-37-41(23-33)43-26-46-44(25-45(43)47-27-51-39-15-7-9-17-53(39)59(55(51)29-49(37)47)35-11-3-1-4-12-35)42-24-34(32-58)20-22-38(42)50-30-56-52(28-48(46)50)40-16-8-10-18-54(40)60(56)36-13-5-2-6-14-36/h1-30H. The van der Waals surface area contributed by atoms with Crippen LogP contribution >= 0.6 is 0 Å². The number of nitrogens with zero attached hydrogens (tertiary/aromatic N) is 4. The maximum Gasteiger partial charge on any atom is 0.0991 e. The summed E-state index contributed by atoms with van der Waals surface area (Å²) in [5.74, 6) is 0. The Kier molecular flexibility index (Phi) is 6.55. The molecule has 0 saturated heterocycles. The quantitative estimate of drug-likeness (QED) is 0.130. The number of hydrogen-bond donors (Lipinski definition) is 0. The molecule has 0 atom stereocenters. The Labute approximate surface area is 343 Å². The van der Waals surface area contributed by atoms with E-state index in [2.05, 4.69) is 191 Å². The van der Waals surface area contributed by atoms with Crippen LogP contribution in [0.25, 0.3) is 120 Å². The Balaban J connectivity index is 1.24. The topological polar surface area (TPSA) is 57.4 Å². The van der Waals surface area contributed by atoms with Crippen LogP contribution in [0.3, 0.4) is 0 Å². The summed E-state index contributed by atoms with van der Waals surface area (Å²) in [6.45, 7) is 0. The first-order valence-electron chi connectivity index (χ1n) is 20.2. The van der Waals surface area contributed by atoms with Crippen LogP contribution in [0, 0.1) is 22.7 Å². The number of hydrogen-bond acceptors (Lipinski definition) is 2. The minimum Gasteiger partial charge on any atom is -0.309 e. The molecular weight excluding hydrogens is 729 g/mol. The lowest BCUT2D eigenvalue weighted by Crippen LogP contribution is -1.94. The molecule has 0 unspecified atom stereocenters. The third-order valence-electron chi connectivity index (χ3n) is 12.8. The highest BCUT2D eigenvalue weighted by Gasteiger charge is 2.21. The molecule has 0 bridgehead atoms. The molecule has 13 aromatic rings. The second kappa shape index (κ2) is 12.0. The number of aromatic nitrogens is 2. The largest absolute Gasteiger partial charge is 0.309 e. The summed E-state index contributed by atoms with van der Waals surface area (Å²) in [7, 11) is 0. The van der Waals surface area contributed by atoms with Crippen molar-refractivity contribution in [3.05, 3.63) is 193 Å². The molecule has 274 valence electrons. The fourth-order valence-corrected chi connectivity index (χ4v) is 10.3. The lowest BCUT2D eigenvalue weighted by molar-refractivity contribution is 1.18. The number of para-hydroxylation sites is 4. The highest BCUT2D eigenvalue weighted by molar-refractivity contribution is 6.35. The molecule has 0 aliphatic carbocycles. The average Bonchev–Trinajstić information content (AvgIpc) is 3.82. The lowest BCUT2D eigenvalue weighted by Gasteiger charge is -2.17. The molecule has 0 radical (unpaired) electrons. The van der Waals surface area contributed by atoms with E-state index in [-0.39, 0.29) is 0 Å². The molecule has 0 aliphatic rings. The summed E-state index contributed by atoms with van der Waals surface area (Å²) in [5, 5.41) is 38.5. The summed E-state index contributed by atoms with van der Waals surface area (Å²) in [5.41, 5.74) is 8.05. The smallest absolute Gasteiger partial charge is 0.0991 e.